The van der Waals surface area contributed by atoms with Crippen LogP contribution in [0, 0.1) is 0 Å². The maximum Gasteiger partial charge on any atom is 0.278 e. The predicted octanol–water partition coefficient (Wildman–Crippen LogP) is 2.68. The molecule has 0 saturated carbocycles. The summed E-state index contributed by atoms with van der Waals surface area (Å²) in [7, 11) is 3.24. The fourth-order valence-electron chi connectivity index (χ4n) is 2.01. The molecule has 0 aliphatic rings. The topological polar surface area (TPSA) is 71.5 Å². The highest BCUT2D eigenvalue weighted by Crippen LogP contribution is 2.19. The highest BCUT2D eigenvalue weighted by molar-refractivity contribution is 6.05. The number of ether oxygens (including phenoxy) is 1. The average molecular weight is 349 g/mol. The Kier molecular flexibility index (Phi) is 5.99. The second-order valence-electron chi connectivity index (χ2n) is 5.29. The Morgan fingerprint density at radius 3 is 2.68 bits per heavy atom. The molecule has 0 atom stereocenters. The van der Waals surface area contributed by atoms with Gasteiger partial charge in [0, 0.05) is 31.5 Å². The molecular weight excluding hydrogens is 332 g/mol. The molecule has 0 fully saturated rings. The summed E-state index contributed by atoms with van der Waals surface area (Å²) in [5.41, 5.74) is 0.661. The summed E-state index contributed by atoms with van der Waals surface area (Å²) >= 11 is 0. The van der Waals surface area contributed by atoms with Gasteiger partial charge in [-0.25, -0.2) is 13.8 Å². The van der Waals surface area contributed by atoms with Crippen LogP contribution in [-0.2, 0) is 0 Å². The molecule has 0 aliphatic heterocycles. The number of carbonyl (C=O) groups excluding carboxylic acids is 2. The quantitative estimate of drug-likeness (QED) is 0.870. The van der Waals surface area contributed by atoms with E-state index < -0.39 is 18.9 Å². The molecule has 6 nitrogen and oxygen atoms in total. The summed E-state index contributed by atoms with van der Waals surface area (Å²) in [5.74, 6) is -0.880. The van der Waals surface area contributed by atoms with Gasteiger partial charge in [-0.2, -0.15) is 0 Å². The normalized spacial score (nSPS) is 10.4. The SMILES string of the molecule is CN(C)C(=O)c1cccc(NC(=O)c2ncccc2OCC(F)F)c1. The van der Waals surface area contributed by atoms with E-state index >= 15 is 0 Å². The number of hydrogen-bond donors (Lipinski definition) is 1. The van der Waals surface area contributed by atoms with Crippen LogP contribution in [-0.4, -0.2) is 48.8 Å². The van der Waals surface area contributed by atoms with Gasteiger partial charge in [0.05, 0.1) is 0 Å². The van der Waals surface area contributed by atoms with Crippen molar-refractivity contribution in [3.63, 3.8) is 0 Å². The number of carbonyl (C=O) groups is 2. The van der Waals surface area contributed by atoms with Crippen molar-refractivity contribution in [1.82, 2.24) is 9.88 Å². The number of hydrogen-bond acceptors (Lipinski definition) is 4. The first-order valence-corrected chi connectivity index (χ1v) is 7.37. The Morgan fingerprint density at radius 1 is 1.24 bits per heavy atom. The van der Waals surface area contributed by atoms with Gasteiger partial charge in [0.2, 0.25) is 0 Å². The van der Waals surface area contributed by atoms with E-state index in [0.29, 0.717) is 11.3 Å². The molecule has 0 spiro atoms. The van der Waals surface area contributed by atoms with Gasteiger partial charge in [0.25, 0.3) is 18.2 Å². The van der Waals surface area contributed by atoms with Crippen LogP contribution in [0.3, 0.4) is 0 Å². The molecule has 2 aromatic rings. The van der Waals surface area contributed by atoms with Crippen LogP contribution >= 0.6 is 0 Å². The molecule has 1 heterocycles. The lowest BCUT2D eigenvalue weighted by Gasteiger charge is -2.12. The van der Waals surface area contributed by atoms with Crippen molar-refractivity contribution in [1.29, 1.82) is 0 Å². The molecule has 1 aromatic heterocycles. The third kappa shape index (κ3) is 4.97. The molecule has 1 N–H and O–H groups in total. The van der Waals surface area contributed by atoms with E-state index in [1.54, 1.807) is 32.3 Å². The zero-order chi connectivity index (χ0) is 18.4. The molecule has 132 valence electrons. The van der Waals surface area contributed by atoms with E-state index in [4.69, 9.17) is 4.74 Å². The molecule has 0 radical (unpaired) electrons. The van der Waals surface area contributed by atoms with Crippen LogP contribution in [0.15, 0.2) is 42.6 Å². The van der Waals surface area contributed by atoms with Crippen LogP contribution in [0.5, 0.6) is 5.75 Å². The average Bonchev–Trinajstić information content (AvgIpc) is 2.59. The van der Waals surface area contributed by atoms with Gasteiger partial charge in [-0.05, 0) is 30.3 Å². The molecule has 0 unspecified atom stereocenters. The highest BCUT2D eigenvalue weighted by Gasteiger charge is 2.16. The Labute approximate surface area is 143 Å². The molecule has 0 aliphatic carbocycles. The van der Waals surface area contributed by atoms with Gasteiger partial charge < -0.3 is 15.0 Å². The Hall–Kier alpha value is -3.03. The third-order valence-electron chi connectivity index (χ3n) is 3.12. The van der Waals surface area contributed by atoms with Crippen molar-refractivity contribution in [2.75, 3.05) is 26.0 Å². The van der Waals surface area contributed by atoms with E-state index in [1.165, 1.54) is 29.3 Å². The number of aromatic nitrogens is 1. The van der Waals surface area contributed by atoms with Crippen molar-refractivity contribution in [2.45, 2.75) is 6.43 Å². The monoisotopic (exact) mass is 349 g/mol. The number of nitrogens with zero attached hydrogens (tertiary/aromatic N) is 2. The van der Waals surface area contributed by atoms with Gasteiger partial charge in [-0.3, -0.25) is 9.59 Å². The van der Waals surface area contributed by atoms with Gasteiger partial charge in [0.1, 0.15) is 6.61 Å². The number of halogens is 2. The summed E-state index contributed by atoms with van der Waals surface area (Å²) < 4.78 is 29.5. The lowest BCUT2D eigenvalue weighted by atomic mass is 10.1. The molecule has 2 amide bonds. The minimum absolute atomic E-state index is 0.0409. The molecule has 1 aromatic carbocycles. The second-order valence-corrected chi connectivity index (χ2v) is 5.29. The first-order chi connectivity index (χ1) is 11.9. The van der Waals surface area contributed by atoms with Crippen LogP contribution < -0.4 is 10.1 Å². The second kappa shape index (κ2) is 8.18. The fourth-order valence-corrected chi connectivity index (χ4v) is 2.01. The summed E-state index contributed by atoms with van der Waals surface area (Å²) in [5, 5.41) is 2.58. The van der Waals surface area contributed by atoms with Gasteiger partial charge in [-0.15, -0.1) is 0 Å². The van der Waals surface area contributed by atoms with E-state index in [0.717, 1.165) is 0 Å². The minimum atomic E-state index is -2.66. The Bertz CT molecular complexity index is 766. The van der Waals surface area contributed by atoms with Crippen molar-refractivity contribution >= 4 is 17.5 Å². The number of anilines is 1. The van der Waals surface area contributed by atoms with Crippen LogP contribution in [0.25, 0.3) is 0 Å². The lowest BCUT2D eigenvalue weighted by Crippen LogP contribution is -2.22. The van der Waals surface area contributed by atoms with E-state index in [-0.39, 0.29) is 17.4 Å². The first kappa shape index (κ1) is 18.3. The fraction of sp³-hybridized carbons (Fsp3) is 0.235. The third-order valence-corrected chi connectivity index (χ3v) is 3.12. The van der Waals surface area contributed by atoms with Crippen molar-refractivity contribution in [2.24, 2.45) is 0 Å². The molecule has 0 saturated heterocycles. The molecular formula is C17H17F2N3O3. The molecule has 25 heavy (non-hydrogen) atoms. The van der Waals surface area contributed by atoms with E-state index in [1.807, 2.05) is 0 Å². The van der Waals surface area contributed by atoms with Crippen LogP contribution in [0.4, 0.5) is 14.5 Å². The maximum atomic E-state index is 12.4. The van der Waals surface area contributed by atoms with Crippen molar-refractivity contribution < 1.29 is 23.1 Å². The standard InChI is InChI=1S/C17H17F2N3O3/c1-22(2)17(24)11-5-3-6-12(9-11)21-16(23)15-13(7-4-8-20-15)25-10-14(18)19/h3-9,14H,10H2,1-2H3,(H,21,23). The number of pyridine rings is 1. The number of rotatable bonds is 6. The van der Waals surface area contributed by atoms with Crippen LogP contribution in [0.1, 0.15) is 20.8 Å². The zero-order valence-electron chi connectivity index (χ0n) is 13.7. The van der Waals surface area contributed by atoms with Crippen molar-refractivity contribution in [3.8, 4) is 5.75 Å². The van der Waals surface area contributed by atoms with Gasteiger partial charge in [-0.1, -0.05) is 6.07 Å². The predicted molar refractivity (Wildman–Crippen MR) is 88.1 cm³/mol. The summed E-state index contributed by atoms with van der Waals surface area (Å²) in [4.78, 5) is 29.6. The molecule has 8 heteroatoms. The summed E-state index contributed by atoms with van der Waals surface area (Å²) in [6.07, 6.45) is -1.30. The summed E-state index contributed by atoms with van der Waals surface area (Å²) in [6, 6.07) is 9.23. The summed E-state index contributed by atoms with van der Waals surface area (Å²) in [6.45, 7) is -0.835. The number of nitrogens with one attached hydrogen (secondary N) is 1. The maximum absolute atomic E-state index is 12.4. The smallest absolute Gasteiger partial charge is 0.278 e. The van der Waals surface area contributed by atoms with Gasteiger partial charge >= 0.3 is 0 Å². The minimum Gasteiger partial charge on any atom is -0.485 e. The number of alkyl halides is 2. The number of amides is 2. The van der Waals surface area contributed by atoms with Crippen molar-refractivity contribution in [3.05, 3.63) is 53.9 Å². The van der Waals surface area contributed by atoms with Crippen LogP contribution in [0.2, 0.25) is 0 Å². The Morgan fingerprint density at radius 2 is 2.00 bits per heavy atom. The molecule has 2 rings (SSSR count). The zero-order valence-corrected chi connectivity index (χ0v) is 13.7. The lowest BCUT2D eigenvalue weighted by molar-refractivity contribution is 0.0799. The highest BCUT2D eigenvalue weighted by atomic mass is 19.3. The number of benzene rings is 1. The first-order valence-electron chi connectivity index (χ1n) is 7.37. The molecule has 0 bridgehead atoms. The van der Waals surface area contributed by atoms with E-state index in [9.17, 15) is 18.4 Å². The Balaban J connectivity index is 2.18. The largest absolute Gasteiger partial charge is 0.485 e. The van der Waals surface area contributed by atoms with Gasteiger partial charge in [0.15, 0.2) is 11.4 Å². The van der Waals surface area contributed by atoms with E-state index in [2.05, 4.69) is 10.3 Å².